The van der Waals surface area contributed by atoms with Crippen LogP contribution in [0.2, 0.25) is 0 Å². The Kier molecular flexibility index (Phi) is 6.46. The van der Waals surface area contributed by atoms with Crippen LogP contribution in [-0.4, -0.2) is 21.2 Å². The largest absolute Gasteiger partial charge is 0.489 e. The number of para-hydroxylation sites is 1. The molecule has 7 heteroatoms. The van der Waals surface area contributed by atoms with Crippen molar-refractivity contribution in [1.82, 2.24) is 9.55 Å². The van der Waals surface area contributed by atoms with Crippen LogP contribution in [-0.2, 0) is 18.4 Å². The van der Waals surface area contributed by atoms with E-state index in [1.54, 1.807) is 17.7 Å². The number of aromatic nitrogens is 2. The first-order valence-corrected chi connectivity index (χ1v) is 11.4. The van der Waals surface area contributed by atoms with Crippen LogP contribution >= 0.6 is 11.8 Å². The van der Waals surface area contributed by atoms with Gasteiger partial charge in [0.25, 0.3) is 5.56 Å². The molecule has 2 heterocycles. The zero-order valence-corrected chi connectivity index (χ0v) is 18.9. The Morgan fingerprint density at radius 3 is 2.84 bits per heavy atom. The lowest BCUT2D eigenvalue weighted by Crippen LogP contribution is -2.33. The molecule has 0 saturated heterocycles. The topological polar surface area (TPSA) is 73.2 Å². The lowest BCUT2D eigenvalue weighted by Gasteiger charge is -2.28. The van der Waals surface area contributed by atoms with Gasteiger partial charge in [0, 0.05) is 30.7 Å². The molecule has 0 fully saturated rings. The van der Waals surface area contributed by atoms with Gasteiger partial charge in [-0.2, -0.15) is 4.98 Å². The highest BCUT2D eigenvalue weighted by Crippen LogP contribution is 2.39. The average Bonchev–Trinajstić information content (AvgIpc) is 2.79. The summed E-state index contributed by atoms with van der Waals surface area (Å²) < 4.78 is 7.92. The summed E-state index contributed by atoms with van der Waals surface area (Å²) in [5, 5.41) is 3.41. The highest BCUT2D eigenvalue weighted by molar-refractivity contribution is 7.99. The van der Waals surface area contributed by atoms with Crippen LogP contribution in [0.1, 0.15) is 34.6 Å². The second-order valence-corrected chi connectivity index (χ2v) is 8.73. The van der Waals surface area contributed by atoms with Crippen molar-refractivity contribution in [2.45, 2.75) is 31.0 Å². The number of amides is 1. The third-order valence-electron chi connectivity index (χ3n) is 5.40. The van der Waals surface area contributed by atoms with Gasteiger partial charge in [0.1, 0.15) is 18.2 Å². The van der Waals surface area contributed by atoms with Gasteiger partial charge in [-0.25, -0.2) is 0 Å². The fourth-order valence-electron chi connectivity index (χ4n) is 3.93. The van der Waals surface area contributed by atoms with Crippen molar-refractivity contribution in [3.05, 3.63) is 93.8 Å². The minimum absolute atomic E-state index is 0.142. The number of rotatable bonds is 7. The molecular weight excluding hydrogens is 422 g/mol. The molecule has 32 heavy (non-hydrogen) atoms. The predicted molar refractivity (Wildman–Crippen MR) is 127 cm³/mol. The van der Waals surface area contributed by atoms with E-state index in [9.17, 15) is 9.59 Å². The molecular formula is C25H25N3O3S. The molecule has 1 aromatic heterocycles. The molecule has 2 aromatic carbocycles. The number of hydrogen-bond acceptors (Lipinski definition) is 5. The molecule has 1 N–H and O–H groups in total. The van der Waals surface area contributed by atoms with Crippen LogP contribution in [0.15, 0.2) is 71.1 Å². The molecule has 0 radical (unpaired) electrons. The first kappa shape index (κ1) is 21.9. The highest BCUT2D eigenvalue weighted by Gasteiger charge is 2.33. The van der Waals surface area contributed by atoms with E-state index in [2.05, 4.69) is 22.9 Å². The smallest absolute Gasteiger partial charge is 0.279 e. The second-order valence-electron chi connectivity index (χ2n) is 7.74. The van der Waals surface area contributed by atoms with Crippen LogP contribution < -0.4 is 15.6 Å². The summed E-state index contributed by atoms with van der Waals surface area (Å²) in [5.74, 6) is 1.19. The lowest BCUT2D eigenvalue weighted by molar-refractivity contribution is -0.116. The van der Waals surface area contributed by atoms with Gasteiger partial charge in [0.05, 0.1) is 5.56 Å². The number of carbonyl (C=O) groups is 1. The Hall–Kier alpha value is -3.32. The van der Waals surface area contributed by atoms with Gasteiger partial charge in [-0.3, -0.25) is 9.59 Å². The Morgan fingerprint density at radius 2 is 2.06 bits per heavy atom. The SMILES string of the molecule is C=CCSc1nc(=O)c2c(n1C)NC(=O)C[C@@H]2c1ccccc1OCc1cccc(C)c1. The molecule has 0 bridgehead atoms. The van der Waals surface area contributed by atoms with Crippen molar-refractivity contribution in [3.8, 4) is 5.75 Å². The van der Waals surface area contributed by atoms with Crippen molar-refractivity contribution in [2.24, 2.45) is 7.05 Å². The maximum absolute atomic E-state index is 13.1. The van der Waals surface area contributed by atoms with Crippen molar-refractivity contribution >= 4 is 23.5 Å². The number of nitrogens with zero attached hydrogens (tertiary/aromatic N) is 2. The lowest BCUT2D eigenvalue weighted by atomic mass is 9.86. The average molecular weight is 448 g/mol. The van der Waals surface area contributed by atoms with Crippen molar-refractivity contribution in [3.63, 3.8) is 0 Å². The quantitative estimate of drug-likeness (QED) is 0.330. The van der Waals surface area contributed by atoms with Crippen LogP contribution in [0.3, 0.4) is 0 Å². The van der Waals surface area contributed by atoms with Crippen molar-refractivity contribution < 1.29 is 9.53 Å². The zero-order valence-electron chi connectivity index (χ0n) is 18.1. The summed E-state index contributed by atoms with van der Waals surface area (Å²) in [6.07, 6.45) is 1.91. The molecule has 4 rings (SSSR count). The number of nitrogens with one attached hydrogen (secondary N) is 1. The fraction of sp³-hybridized carbons (Fsp3) is 0.240. The molecule has 0 saturated carbocycles. The van der Waals surface area contributed by atoms with E-state index in [1.165, 1.54) is 11.8 Å². The standard InChI is InChI=1S/C25H25N3O3S/c1-4-12-32-25-27-24(30)22-19(14-21(29)26-23(22)28(25)3)18-10-5-6-11-20(18)31-15-17-9-7-8-16(2)13-17/h4-11,13,19H,1,12,14-15H2,2-3H3,(H,26,29)/t19-/m1/s1. The molecule has 1 atom stereocenters. The Labute approximate surface area is 191 Å². The number of ether oxygens (including phenoxy) is 1. The van der Waals surface area contributed by atoms with E-state index >= 15 is 0 Å². The summed E-state index contributed by atoms with van der Waals surface area (Å²) in [5.41, 5.74) is 3.19. The van der Waals surface area contributed by atoms with Crippen molar-refractivity contribution in [2.75, 3.05) is 11.1 Å². The number of hydrogen-bond donors (Lipinski definition) is 1. The molecule has 3 aromatic rings. The fourth-order valence-corrected chi connectivity index (χ4v) is 4.63. The summed E-state index contributed by atoms with van der Waals surface area (Å²) in [4.78, 5) is 30.0. The van der Waals surface area contributed by atoms with Crippen LogP contribution in [0, 0.1) is 6.92 Å². The third-order valence-corrected chi connectivity index (χ3v) is 6.43. The van der Waals surface area contributed by atoms with Crippen LogP contribution in [0.4, 0.5) is 5.82 Å². The number of thioether (sulfide) groups is 1. The van der Waals surface area contributed by atoms with Gasteiger partial charge in [-0.15, -0.1) is 6.58 Å². The molecule has 1 aliphatic heterocycles. The predicted octanol–water partition coefficient (Wildman–Crippen LogP) is 4.42. The second kappa shape index (κ2) is 9.44. The number of anilines is 1. The molecule has 0 spiro atoms. The minimum Gasteiger partial charge on any atom is -0.489 e. The number of fused-ring (bicyclic) bond motifs is 1. The number of aryl methyl sites for hydroxylation is 1. The first-order chi connectivity index (χ1) is 15.5. The number of carbonyl (C=O) groups excluding carboxylic acids is 1. The Bertz CT molecular complexity index is 1240. The molecule has 164 valence electrons. The van der Waals surface area contributed by atoms with E-state index in [0.29, 0.717) is 34.6 Å². The van der Waals surface area contributed by atoms with E-state index in [1.807, 2.05) is 49.4 Å². The van der Waals surface area contributed by atoms with Crippen LogP contribution in [0.25, 0.3) is 0 Å². The molecule has 1 aliphatic rings. The monoisotopic (exact) mass is 447 g/mol. The maximum Gasteiger partial charge on any atom is 0.279 e. The summed E-state index contributed by atoms with van der Waals surface area (Å²) in [6, 6.07) is 15.7. The molecule has 0 aliphatic carbocycles. The third kappa shape index (κ3) is 4.48. The van der Waals surface area contributed by atoms with Crippen LogP contribution in [0.5, 0.6) is 5.75 Å². The highest BCUT2D eigenvalue weighted by atomic mass is 32.2. The molecule has 1 amide bonds. The van der Waals surface area contributed by atoms with Gasteiger partial charge in [0.15, 0.2) is 5.16 Å². The van der Waals surface area contributed by atoms with Gasteiger partial charge < -0.3 is 14.6 Å². The molecule has 0 unspecified atom stereocenters. The van der Waals surface area contributed by atoms with E-state index in [0.717, 1.165) is 16.7 Å². The number of benzene rings is 2. The van der Waals surface area contributed by atoms with Gasteiger partial charge >= 0.3 is 0 Å². The van der Waals surface area contributed by atoms with E-state index in [4.69, 9.17) is 4.74 Å². The minimum atomic E-state index is -0.433. The van der Waals surface area contributed by atoms with Gasteiger partial charge in [0.2, 0.25) is 5.91 Å². The maximum atomic E-state index is 13.1. The molecule has 6 nitrogen and oxygen atoms in total. The van der Waals surface area contributed by atoms with Crippen molar-refractivity contribution in [1.29, 1.82) is 0 Å². The van der Waals surface area contributed by atoms with E-state index in [-0.39, 0.29) is 17.9 Å². The summed E-state index contributed by atoms with van der Waals surface area (Å²) in [7, 11) is 1.81. The Balaban J connectivity index is 1.73. The van der Waals surface area contributed by atoms with E-state index < -0.39 is 5.92 Å². The normalized spacial score (nSPS) is 15.1. The van der Waals surface area contributed by atoms with Gasteiger partial charge in [-0.1, -0.05) is 65.9 Å². The first-order valence-electron chi connectivity index (χ1n) is 10.4. The zero-order chi connectivity index (χ0) is 22.7. The summed E-state index contributed by atoms with van der Waals surface area (Å²) in [6.45, 7) is 6.15. The summed E-state index contributed by atoms with van der Waals surface area (Å²) >= 11 is 1.40. The van der Waals surface area contributed by atoms with Gasteiger partial charge in [-0.05, 0) is 18.6 Å². The Morgan fingerprint density at radius 1 is 1.25 bits per heavy atom.